The maximum atomic E-state index is 11.4. The molecule has 1 rings (SSSR count). The zero-order valence-corrected chi connectivity index (χ0v) is 11.5. The van der Waals surface area contributed by atoms with E-state index in [9.17, 15) is 14.7 Å². The molecular formula is C13H23BN2O3. The van der Waals surface area contributed by atoms with Gasteiger partial charge in [0.25, 0.3) is 0 Å². The van der Waals surface area contributed by atoms with E-state index in [2.05, 4.69) is 5.32 Å². The number of nitrogens with two attached hydrogens (primary N) is 1. The van der Waals surface area contributed by atoms with E-state index in [-0.39, 0.29) is 11.8 Å². The Kier molecular flexibility index (Phi) is 6.35. The lowest BCUT2D eigenvalue weighted by atomic mass is 9.71. The summed E-state index contributed by atoms with van der Waals surface area (Å²) in [6.07, 6.45) is 3.94. The largest absolute Gasteiger partial charge is 0.481 e. The summed E-state index contributed by atoms with van der Waals surface area (Å²) in [6.45, 7) is 2.01. The number of rotatable bonds is 6. The van der Waals surface area contributed by atoms with Crippen LogP contribution in [0.15, 0.2) is 0 Å². The van der Waals surface area contributed by atoms with Gasteiger partial charge in [0, 0.05) is 6.54 Å². The van der Waals surface area contributed by atoms with Gasteiger partial charge in [-0.3, -0.25) is 9.59 Å². The van der Waals surface area contributed by atoms with Crippen LogP contribution < -0.4 is 11.1 Å². The normalized spacial score (nSPS) is 28.6. The van der Waals surface area contributed by atoms with Gasteiger partial charge in [0.2, 0.25) is 5.91 Å². The highest BCUT2D eigenvalue weighted by Gasteiger charge is 2.34. The first kappa shape index (κ1) is 16.0. The van der Waals surface area contributed by atoms with E-state index in [1.54, 1.807) is 6.92 Å². The van der Waals surface area contributed by atoms with Gasteiger partial charge in [-0.05, 0) is 31.6 Å². The minimum absolute atomic E-state index is 0.00535. The van der Waals surface area contributed by atoms with Crippen LogP contribution in [0.4, 0.5) is 0 Å². The number of carboxylic acid groups (broad SMARTS) is 1. The fraction of sp³-hybridized carbons (Fsp3) is 0.846. The maximum Gasteiger partial charge on any atom is 0.306 e. The first-order valence-corrected chi connectivity index (χ1v) is 6.91. The van der Waals surface area contributed by atoms with Crippen LogP contribution in [0, 0.1) is 17.8 Å². The molecule has 6 heteroatoms. The van der Waals surface area contributed by atoms with Crippen molar-refractivity contribution in [3.05, 3.63) is 0 Å². The Morgan fingerprint density at radius 1 is 1.47 bits per heavy atom. The highest BCUT2D eigenvalue weighted by molar-refractivity contribution is 6.08. The molecule has 1 saturated carbocycles. The SMILES string of the molecule is [B]CC[C@@H]1CC[C@@H](CNC(=O)[C@H](C)N)[C@@H](C(=O)O)C1. The summed E-state index contributed by atoms with van der Waals surface area (Å²) in [4.78, 5) is 22.8. The second-order valence-corrected chi connectivity index (χ2v) is 5.50. The first-order chi connectivity index (χ1) is 8.95. The molecule has 0 aliphatic heterocycles. The monoisotopic (exact) mass is 266 g/mol. The van der Waals surface area contributed by atoms with Gasteiger partial charge in [0.05, 0.1) is 19.8 Å². The molecule has 1 amide bonds. The summed E-state index contributed by atoms with van der Waals surface area (Å²) in [7, 11) is 5.53. The molecular weight excluding hydrogens is 243 g/mol. The van der Waals surface area contributed by atoms with Crippen molar-refractivity contribution < 1.29 is 14.7 Å². The highest BCUT2D eigenvalue weighted by atomic mass is 16.4. The lowest BCUT2D eigenvalue weighted by molar-refractivity contribution is -0.146. The zero-order chi connectivity index (χ0) is 14.4. The van der Waals surface area contributed by atoms with Crippen LogP contribution in [0.2, 0.25) is 6.32 Å². The van der Waals surface area contributed by atoms with Gasteiger partial charge < -0.3 is 16.2 Å². The molecule has 106 valence electrons. The highest BCUT2D eigenvalue weighted by Crippen LogP contribution is 2.36. The number of amides is 1. The number of carbonyl (C=O) groups is 2. The van der Waals surface area contributed by atoms with E-state index >= 15 is 0 Å². The average molecular weight is 266 g/mol. The van der Waals surface area contributed by atoms with E-state index in [4.69, 9.17) is 13.6 Å². The van der Waals surface area contributed by atoms with Crippen LogP contribution in [0.25, 0.3) is 0 Å². The van der Waals surface area contributed by atoms with Crippen molar-refractivity contribution in [2.24, 2.45) is 23.5 Å². The van der Waals surface area contributed by atoms with Gasteiger partial charge >= 0.3 is 5.97 Å². The Balaban J connectivity index is 2.52. The Labute approximate surface area is 115 Å². The van der Waals surface area contributed by atoms with Gasteiger partial charge in [-0.15, -0.1) is 0 Å². The fourth-order valence-corrected chi connectivity index (χ4v) is 2.76. The second kappa shape index (κ2) is 7.53. The third kappa shape index (κ3) is 4.86. The Morgan fingerprint density at radius 3 is 2.68 bits per heavy atom. The standard InChI is InChI=1S/C13H23BN2O3/c1-8(15)12(17)16-7-10-3-2-9(4-5-14)6-11(10)13(18)19/h8-11H,2-7,15H2,1H3,(H,16,17)(H,18,19)/t8-,9-,10-,11-/m0/s1. The van der Waals surface area contributed by atoms with Crippen molar-refractivity contribution in [3.63, 3.8) is 0 Å². The number of carbonyl (C=O) groups excluding carboxylic acids is 1. The minimum atomic E-state index is -0.776. The summed E-state index contributed by atoms with van der Waals surface area (Å²) < 4.78 is 0. The van der Waals surface area contributed by atoms with Gasteiger partial charge in [0.1, 0.15) is 0 Å². The zero-order valence-electron chi connectivity index (χ0n) is 11.5. The molecule has 0 aromatic carbocycles. The van der Waals surface area contributed by atoms with E-state index in [0.29, 0.717) is 25.2 Å². The molecule has 4 atom stereocenters. The first-order valence-electron chi connectivity index (χ1n) is 6.91. The average Bonchev–Trinajstić information content (AvgIpc) is 2.36. The molecule has 1 aliphatic carbocycles. The Hall–Kier alpha value is -1.04. The number of hydrogen-bond acceptors (Lipinski definition) is 3. The van der Waals surface area contributed by atoms with Crippen LogP contribution >= 0.6 is 0 Å². The number of nitrogens with one attached hydrogen (secondary N) is 1. The van der Waals surface area contributed by atoms with Crippen molar-refractivity contribution in [1.82, 2.24) is 5.32 Å². The van der Waals surface area contributed by atoms with Crippen LogP contribution in [-0.4, -0.2) is 37.4 Å². The summed E-state index contributed by atoms with van der Waals surface area (Å²) in [5.74, 6) is -1.01. The molecule has 0 spiro atoms. The van der Waals surface area contributed by atoms with Crippen molar-refractivity contribution in [1.29, 1.82) is 0 Å². The molecule has 0 saturated heterocycles. The molecule has 0 aromatic heterocycles. The molecule has 1 fully saturated rings. The van der Waals surface area contributed by atoms with Gasteiger partial charge in [-0.1, -0.05) is 19.2 Å². The fourth-order valence-electron chi connectivity index (χ4n) is 2.76. The van der Waals surface area contributed by atoms with Crippen LogP contribution in [0.5, 0.6) is 0 Å². The third-order valence-electron chi connectivity index (χ3n) is 3.95. The number of carboxylic acids is 1. The molecule has 0 heterocycles. The van der Waals surface area contributed by atoms with Gasteiger partial charge in [-0.2, -0.15) is 0 Å². The Morgan fingerprint density at radius 2 is 2.16 bits per heavy atom. The summed E-state index contributed by atoms with van der Waals surface area (Å²) in [6, 6.07) is -0.558. The molecule has 19 heavy (non-hydrogen) atoms. The summed E-state index contributed by atoms with van der Waals surface area (Å²) in [5.41, 5.74) is 5.47. The smallest absolute Gasteiger partial charge is 0.306 e. The van der Waals surface area contributed by atoms with Crippen molar-refractivity contribution in [2.45, 2.75) is 45.0 Å². The van der Waals surface area contributed by atoms with Crippen molar-refractivity contribution in [2.75, 3.05) is 6.54 Å². The molecule has 0 unspecified atom stereocenters. The summed E-state index contributed by atoms with van der Waals surface area (Å²) >= 11 is 0. The van der Waals surface area contributed by atoms with E-state index in [0.717, 1.165) is 19.3 Å². The van der Waals surface area contributed by atoms with E-state index in [1.165, 1.54) is 0 Å². The van der Waals surface area contributed by atoms with Gasteiger partial charge in [-0.25, -0.2) is 0 Å². The van der Waals surface area contributed by atoms with Crippen molar-refractivity contribution in [3.8, 4) is 0 Å². The predicted molar refractivity (Wildman–Crippen MR) is 73.8 cm³/mol. The second-order valence-electron chi connectivity index (χ2n) is 5.50. The molecule has 5 nitrogen and oxygen atoms in total. The molecule has 4 N–H and O–H groups in total. The molecule has 2 radical (unpaired) electrons. The topological polar surface area (TPSA) is 92.4 Å². The molecule has 0 aromatic rings. The lowest BCUT2D eigenvalue weighted by Gasteiger charge is -2.34. The molecule has 1 aliphatic rings. The predicted octanol–water partition coefficient (Wildman–Crippen LogP) is 0.544. The number of hydrogen-bond donors (Lipinski definition) is 3. The molecule has 0 bridgehead atoms. The maximum absolute atomic E-state index is 11.4. The minimum Gasteiger partial charge on any atom is -0.481 e. The van der Waals surface area contributed by atoms with Crippen molar-refractivity contribution >= 4 is 19.7 Å². The van der Waals surface area contributed by atoms with Crippen LogP contribution in [0.3, 0.4) is 0 Å². The van der Waals surface area contributed by atoms with Crippen LogP contribution in [0.1, 0.15) is 32.6 Å². The van der Waals surface area contributed by atoms with E-state index in [1.807, 2.05) is 0 Å². The van der Waals surface area contributed by atoms with Gasteiger partial charge in [0.15, 0.2) is 0 Å². The summed E-state index contributed by atoms with van der Waals surface area (Å²) in [5, 5.41) is 12.0. The third-order valence-corrected chi connectivity index (χ3v) is 3.95. The Bertz CT molecular complexity index is 323. The number of aliphatic carboxylic acids is 1. The van der Waals surface area contributed by atoms with E-state index < -0.39 is 17.9 Å². The quantitative estimate of drug-likeness (QED) is 0.612. The van der Waals surface area contributed by atoms with Crippen LogP contribution in [-0.2, 0) is 9.59 Å². The lowest BCUT2D eigenvalue weighted by Crippen LogP contribution is -2.44.